The first kappa shape index (κ1) is 14.9. The second-order valence-electron chi connectivity index (χ2n) is 4.05. The molecule has 0 saturated heterocycles. The minimum absolute atomic E-state index is 0.266. The molecule has 1 aromatic carbocycles. The van der Waals surface area contributed by atoms with Crippen LogP contribution in [0.2, 0.25) is 0 Å². The average molecular weight is 301 g/mol. The Morgan fingerprint density at radius 3 is 2.81 bits per heavy atom. The number of pyridine rings is 1. The van der Waals surface area contributed by atoms with E-state index in [0.29, 0.717) is 5.82 Å². The number of anilines is 1. The van der Waals surface area contributed by atoms with Crippen molar-refractivity contribution < 1.29 is 9.57 Å². The number of nitrogens with one attached hydrogen (secondary N) is 1. The monoisotopic (exact) mass is 301 g/mol. The summed E-state index contributed by atoms with van der Waals surface area (Å²) in [5, 5.41) is 7.03. The normalized spacial score (nSPS) is 10.3. The van der Waals surface area contributed by atoms with Gasteiger partial charge in [0.15, 0.2) is 6.61 Å². The van der Waals surface area contributed by atoms with Gasteiger partial charge in [-0.05, 0) is 29.9 Å². The summed E-state index contributed by atoms with van der Waals surface area (Å²) < 4.78 is 4.87. The van der Waals surface area contributed by atoms with E-state index in [0.717, 1.165) is 11.3 Å². The summed E-state index contributed by atoms with van der Waals surface area (Å²) in [7, 11) is 1.50. The Kier molecular flexibility index (Phi) is 5.66. The molecule has 1 heterocycles. The third-order valence-corrected chi connectivity index (χ3v) is 2.78. The van der Waals surface area contributed by atoms with Crippen molar-refractivity contribution in [1.82, 2.24) is 4.98 Å². The molecule has 0 aliphatic carbocycles. The Morgan fingerprint density at radius 2 is 2.05 bits per heavy atom. The fourth-order valence-electron chi connectivity index (χ4n) is 1.53. The SMILES string of the molecule is COC(=S)Nc1cccc(CON=Cc2ccccc2)n1. The van der Waals surface area contributed by atoms with Gasteiger partial charge >= 0.3 is 0 Å². The van der Waals surface area contributed by atoms with E-state index < -0.39 is 0 Å². The van der Waals surface area contributed by atoms with E-state index >= 15 is 0 Å². The number of ether oxygens (including phenoxy) is 1. The van der Waals surface area contributed by atoms with Gasteiger partial charge in [0.1, 0.15) is 5.82 Å². The van der Waals surface area contributed by atoms with Gasteiger partial charge in [-0.3, -0.25) is 0 Å². The van der Waals surface area contributed by atoms with Crippen LogP contribution in [0, 0.1) is 0 Å². The Bertz CT molecular complexity index is 617. The number of benzene rings is 1. The molecular formula is C15H15N3O2S. The predicted molar refractivity (Wildman–Crippen MR) is 86.3 cm³/mol. The van der Waals surface area contributed by atoms with Crippen LogP contribution >= 0.6 is 12.2 Å². The molecule has 0 bridgehead atoms. The summed E-state index contributed by atoms with van der Waals surface area (Å²) in [5.74, 6) is 0.606. The number of hydrogen-bond donors (Lipinski definition) is 1. The molecule has 21 heavy (non-hydrogen) atoms. The lowest BCUT2D eigenvalue weighted by atomic mass is 10.2. The van der Waals surface area contributed by atoms with Crippen molar-refractivity contribution in [2.24, 2.45) is 5.16 Å². The molecule has 6 heteroatoms. The maximum atomic E-state index is 5.23. The van der Waals surface area contributed by atoms with Crippen molar-refractivity contribution in [1.29, 1.82) is 0 Å². The Morgan fingerprint density at radius 1 is 1.24 bits per heavy atom. The lowest BCUT2D eigenvalue weighted by molar-refractivity contribution is 0.129. The molecule has 0 radical (unpaired) electrons. The van der Waals surface area contributed by atoms with E-state index in [1.165, 1.54) is 7.11 Å². The Hall–Kier alpha value is -2.47. The van der Waals surface area contributed by atoms with Gasteiger partial charge in [0, 0.05) is 0 Å². The van der Waals surface area contributed by atoms with E-state index in [9.17, 15) is 0 Å². The van der Waals surface area contributed by atoms with E-state index in [4.69, 9.17) is 21.8 Å². The molecule has 0 spiro atoms. The lowest BCUT2D eigenvalue weighted by Gasteiger charge is -2.06. The van der Waals surface area contributed by atoms with Crippen LogP contribution in [-0.4, -0.2) is 23.5 Å². The smallest absolute Gasteiger partial charge is 0.262 e. The van der Waals surface area contributed by atoms with Crippen LogP contribution in [0.15, 0.2) is 53.7 Å². The predicted octanol–water partition coefficient (Wildman–Crippen LogP) is 2.98. The van der Waals surface area contributed by atoms with Crippen molar-refractivity contribution in [2.75, 3.05) is 12.4 Å². The number of thiocarbonyl (C=S) groups is 1. The number of methoxy groups -OCH3 is 1. The minimum atomic E-state index is 0.266. The first-order valence-corrected chi connectivity index (χ1v) is 6.70. The summed E-state index contributed by atoms with van der Waals surface area (Å²) in [6.07, 6.45) is 1.65. The van der Waals surface area contributed by atoms with Gasteiger partial charge in [0.05, 0.1) is 19.0 Å². The second kappa shape index (κ2) is 7.96. The first-order chi connectivity index (χ1) is 10.3. The lowest BCUT2D eigenvalue weighted by Crippen LogP contribution is -2.12. The van der Waals surface area contributed by atoms with Gasteiger partial charge in [0.25, 0.3) is 5.17 Å². The van der Waals surface area contributed by atoms with E-state index in [1.807, 2.05) is 42.5 Å². The van der Waals surface area contributed by atoms with E-state index in [1.54, 1.807) is 12.3 Å². The quantitative estimate of drug-likeness (QED) is 0.523. The molecule has 1 N–H and O–H groups in total. The van der Waals surface area contributed by atoms with Crippen LogP contribution in [0.25, 0.3) is 0 Å². The summed E-state index contributed by atoms with van der Waals surface area (Å²) >= 11 is 4.91. The maximum absolute atomic E-state index is 5.23. The van der Waals surface area contributed by atoms with Crippen molar-refractivity contribution in [3.63, 3.8) is 0 Å². The Labute approximate surface area is 128 Å². The molecule has 0 unspecified atom stereocenters. The summed E-state index contributed by atoms with van der Waals surface area (Å²) in [6.45, 7) is 0.276. The van der Waals surface area contributed by atoms with Gasteiger partial charge in [-0.15, -0.1) is 0 Å². The van der Waals surface area contributed by atoms with Gasteiger partial charge in [-0.2, -0.15) is 0 Å². The van der Waals surface area contributed by atoms with Gasteiger partial charge in [0.2, 0.25) is 0 Å². The fourth-order valence-corrected chi connectivity index (χ4v) is 1.63. The van der Waals surface area contributed by atoms with Crippen LogP contribution < -0.4 is 5.32 Å². The molecule has 0 atom stereocenters. The van der Waals surface area contributed by atoms with Gasteiger partial charge in [-0.1, -0.05) is 41.6 Å². The second-order valence-corrected chi connectivity index (χ2v) is 4.42. The molecule has 2 aromatic rings. The largest absolute Gasteiger partial charge is 0.474 e. The molecule has 0 aliphatic rings. The van der Waals surface area contributed by atoms with Gasteiger partial charge in [-0.25, -0.2) is 4.98 Å². The summed E-state index contributed by atoms with van der Waals surface area (Å²) in [4.78, 5) is 9.55. The highest BCUT2D eigenvalue weighted by Crippen LogP contribution is 2.06. The van der Waals surface area contributed by atoms with Crippen LogP contribution in [0.4, 0.5) is 5.82 Å². The molecule has 0 saturated carbocycles. The first-order valence-electron chi connectivity index (χ1n) is 6.29. The van der Waals surface area contributed by atoms with Crippen molar-refractivity contribution in [2.45, 2.75) is 6.61 Å². The molecule has 2 rings (SSSR count). The minimum Gasteiger partial charge on any atom is -0.474 e. The van der Waals surface area contributed by atoms with Crippen LogP contribution in [0.1, 0.15) is 11.3 Å². The van der Waals surface area contributed by atoms with Crippen molar-refractivity contribution in [3.05, 3.63) is 59.8 Å². The standard InChI is InChI=1S/C15H15N3O2S/c1-19-15(21)18-14-9-5-8-13(17-14)11-20-16-10-12-6-3-2-4-7-12/h2-10H,11H2,1H3,(H,17,18,21). The number of aromatic nitrogens is 1. The fraction of sp³-hybridized carbons (Fsp3) is 0.133. The molecule has 0 fully saturated rings. The van der Waals surface area contributed by atoms with Crippen molar-refractivity contribution >= 4 is 29.4 Å². The summed E-state index contributed by atoms with van der Waals surface area (Å²) in [6, 6.07) is 15.2. The summed E-state index contributed by atoms with van der Waals surface area (Å²) in [5.41, 5.74) is 1.72. The number of nitrogens with zero attached hydrogens (tertiary/aromatic N) is 2. The zero-order valence-corrected chi connectivity index (χ0v) is 12.3. The molecule has 5 nitrogen and oxygen atoms in total. The highest BCUT2D eigenvalue weighted by molar-refractivity contribution is 7.80. The van der Waals surface area contributed by atoms with E-state index in [-0.39, 0.29) is 11.8 Å². The van der Waals surface area contributed by atoms with Crippen LogP contribution in [0.3, 0.4) is 0 Å². The zero-order valence-electron chi connectivity index (χ0n) is 11.5. The molecule has 0 aliphatic heterocycles. The molecular weight excluding hydrogens is 286 g/mol. The third kappa shape index (κ3) is 5.19. The molecule has 108 valence electrons. The van der Waals surface area contributed by atoms with E-state index in [2.05, 4.69) is 15.5 Å². The third-order valence-electron chi connectivity index (χ3n) is 2.51. The Balaban J connectivity index is 1.87. The highest BCUT2D eigenvalue weighted by Gasteiger charge is 2.00. The van der Waals surface area contributed by atoms with Crippen LogP contribution in [0.5, 0.6) is 0 Å². The number of oxime groups is 1. The molecule has 0 amide bonds. The topological polar surface area (TPSA) is 55.7 Å². The maximum Gasteiger partial charge on any atom is 0.262 e. The zero-order chi connectivity index (χ0) is 14.9. The molecule has 1 aromatic heterocycles. The van der Waals surface area contributed by atoms with Crippen LogP contribution in [-0.2, 0) is 16.2 Å². The number of hydrogen-bond acceptors (Lipinski definition) is 5. The van der Waals surface area contributed by atoms with Gasteiger partial charge < -0.3 is 14.9 Å². The highest BCUT2D eigenvalue weighted by atomic mass is 32.1. The average Bonchev–Trinajstić information content (AvgIpc) is 2.53. The van der Waals surface area contributed by atoms with Crippen molar-refractivity contribution in [3.8, 4) is 0 Å². The number of rotatable bonds is 5.